The Morgan fingerprint density at radius 2 is 2.25 bits per heavy atom. The van der Waals surface area contributed by atoms with Crippen LogP contribution in [0.4, 0.5) is 0 Å². The van der Waals surface area contributed by atoms with Crippen molar-refractivity contribution >= 4 is 17.5 Å². The lowest BCUT2D eigenvalue weighted by Gasteiger charge is -1.91. The number of aromatic nitrogens is 1. The van der Waals surface area contributed by atoms with Gasteiger partial charge in [0.2, 0.25) is 5.91 Å². The molecule has 2 rings (SSSR count). The normalized spacial score (nSPS) is 12.6. The molecule has 0 bridgehead atoms. The van der Waals surface area contributed by atoms with Crippen molar-refractivity contribution in [1.82, 2.24) is 5.32 Å². The van der Waals surface area contributed by atoms with E-state index in [0.717, 1.165) is 0 Å². The van der Waals surface area contributed by atoms with Gasteiger partial charge in [-0.25, -0.2) is 0 Å². The molecule has 0 unspecified atom stereocenters. The molecule has 1 fully saturated rings. The summed E-state index contributed by atoms with van der Waals surface area (Å²) < 4.78 is 0.655. The summed E-state index contributed by atoms with van der Waals surface area (Å²) in [5.41, 5.74) is 0. The minimum atomic E-state index is 0.167. The Balaban J connectivity index is 0.000000150. The van der Waals surface area contributed by atoms with E-state index in [1.165, 1.54) is 12.4 Å². The standard InChI is InChI=1S/C5H4ClNO.C2H3NO/c6-5-2-1-3-7(8)4-5;4-2-1-3-2/h1-4H;1H2,(H,3,4). The van der Waals surface area contributed by atoms with Gasteiger partial charge in [0.05, 0.1) is 6.54 Å². The van der Waals surface area contributed by atoms with Crippen molar-refractivity contribution in [2.24, 2.45) is 0 Å². The van der Waals surface area contributed by atoms with Crippen LogP contribution in [0.25, 0.3) is 0 Å². The SMILES string of the molecule is O=C1CN1.[O-][n+]1cccc(Cl)c1. The molecule has 0 spiro atoms. The Morgan fingerprint density at radius 3 is 2.50 bits per heavy atom. The minimum Gasteiger partial charge on any atom is -0.619 e. The quantitative estimate of drug-likeness (QED) is 0.355. The van der Waals surface area contributed by atoms with Crippen LogP contribution < -0.4 is 10.0 Å². The van der Waals surface area contributed by atoms with Crippen molar-refractivity contribution in [3.8, 4) is 0 Å². The summed E-state index contributed by atoms with van der Waals surface area (Å²) in [5, 5.41) is 13.2. The Hall–Kier alpha value is -1.29. The Kier molecular flexibility index (Phi) is 2.88. The van der Waals surface area contributed by atoms with E-state index in [1.807, 2.05) is 0 Å². The number of halogens is 1. The lowest BCUT2D eigenvalue weighted by atomic mass is 10.5. The summed E-state index contributed by atoms with van der Waals surface area (Å²) in [6.45, 7) is 0.597. The minimum absolute atomic E-state index is 0.167. The fraction of sp³-hybridized carbons (Fsp3) is 0.143. The van der Waals surface area contributed by atoms with Gasteiger partial charge in [-0.1, -0.05) is 11.6 Å². The number of pyridine rings is 1. The number of nitrogens with zero attached hydrogens (tertiary/aromatic N) is 1. The highest BCUT2D eigenvalue weighted by Crippen LogP contribution is 2.00. The molecular weight excluding hydrogens is 180 g/mol. The fourth-order valence-electron chi connectivity index (χ4n) is 0.463. The largest absolute Gasteiger partial charge is 0.619 e. The topological polar surface area (TPSA) is 66.0 Å². The zero-order valence-corrected chi connectivity index (χ0v) is 6.91. The molecule has 1 saturated heterocycles. The van der Waals surface area contributed by atoms with Crippen LogP contribution in [0.15, 0.2) is 24.5 Å². The molecule has 1 amide bonds. The molecule has 0 aromatic carbocycles. The van der Waals surface area contributed by atoms with E-state index in [0.29, 0.717) is 16.3 Å². The molecule has 1 aliphatic rings. The summed E-state index contributed by atoms with van der Waals surface area (Å²) in [6.07, 6.45) is 2.67. The van der Waals surface area contributed by atoms with Gasteiger partial charge in [0.15, 0.2) is 12.4 Å². The van der Waals surface area contributed by atoms with Gasteiger partial charge < -0.3 is 10.5 Å². The molecule has 1 N–H and O–H groups in total. The van der Waals surface area contributed by atoms with Crippen molar-refractivity contribution < 1.29 is 9.52 Å². The van der Waals surface area contributed by atoms with E-state index in [9.17, 15) is 10.0 Å². The van der Waals surface area contributed by atoms with Crippen LogP contribution in [0, 0.1) is 5.21 Å². The zero-order chi connectivity index (χ0) is 8.97. The van der Waals surface area contributed by atoms with Crippen LogP contribution in [-0.4, -0.2) is 12.5 Å². The smallest absolute Gasteiger partial charge is 0.239 e. The lowest BCUT2D eigenvalue weighted by Crippen LogP contribution is -2.23. The van der Waals surface area contributed by atoms with Gasteiger partial charge in [-0.15, -0.1) is 0 Å². The van der Waals surface area contributed by atoms with Gasteiger partial charge in [-0.2, -0.15) is 4.73 Å². The molecule has 0 aliphatic carbocycles. The predicted molar refractivity (Wildman–Crippen MR) is 43.4 cm³/mol. The number of carbonyl (C=O) groups excluding carboxylic acids is 1. The molecule has 1 aliphatic heterocycles. The number of hydrogen-bond acceptors (Lipinski definition) is 2. The van der Waals surface area contributed by atoms with Crippen molar-refractivity contribution in [2.45, 2.75) is 0 Å². The third-order valence-electron chi connectivity index (χ3n) is 1.06. The van der Waals surface area contributed by atoms with Crippen molar-refractivity contribution in [3.05, 3.63) is 34.8 Å². The van der Waals surface area contributed by atoms with Crippen molar-refractivity contribution in [3.63, 3.8) is 0 Å². The second-order valence-electron chi connectivity index (χ2n) is 2.16. The number of hydrogen-bond donors (Lipinski definition) is 1. The monoisotopic (exact) mass is 186 g/mol. The highest BCUT2D eigenvalue weighted by molar-refractivity contribution is 6.30. The zero-order valence-electron chi connectivity index (χ0n) is 6.16. The summed E-state index contributed by atoms with van der Waals surface area (Å²) in [5.74, 6) is 0.167. The Morgan fingerprint density at radius 1 is 1.67 bits per heavy atom. The number of amides is 1. The second kappa shape index (κ2) is 3.92. The van der Waals surface area contributed by atoms with Crippen molar-refractivity contribution in [2.75, 3.05) is 6.54 Å². The summed E-state index contributed by atoms with van der Waals surface area (Å²) in [7, 11) is 0. The molecule has 5 heteroatoms. The molecule has 1 aromatic heterocycles. The van der Waals surface area contributed by atoms with Crippen LogP contribution >= 0.6 is 11.6 Å². The first-order chi connectivity index (χ1) is 5.68. The van der Waals surface area contributed by atoms with Crippen LogP contribution in [0.5, 0.6) is 0 Å². The highest BCUT2D eigenvalue weighted by Gasteiger charge is 2.10. The van der Waals surface area contributed by atoms with Crippen molar-refractivity contribution in [1.29, 1.82) is 0 Å². The lowest BCUT2D eigenvalue weighted by molar-refractivity contribution is -0.605. The molecule has 1 aromatic rings. The maximum absolute atomic E-state index is 10.3. The van der Waals surface area contributed by atoms with Gasteiger partial charge in [0.25, 0.3) is 0 Å². The maximum Gasteiger partial charge on any atom is 0.239 e. The molecule has 0 saturated carbocycles. The summed E-state index contributed by atoms with van der Waals surface area (Å²) in [4.78, 5) is 9.44. The third-order valence-corrected chi connectivity index (χ3v) is 1.28. The molecular formula is C7H7ClN2O2. The van der Waals surface area contributed by atoms with E-state index < -0.39 is 0 Å². The van der Waals surface area contributed by atoms with E-state index in [2.05, 4.69) is 5.32 Å². The molecule has 0 atom stereocenters. The van der Waals surface area contributed by atoms with Crippen LogP contribution in [0.1, 0.15) is 0 Å². The van der Waals surface area contributed by atoms with E-state index >= 15 is 0 Å². The van der Waals surface area contributed by atoms with Crippen LogP contribution in [0.3, 0.4) is 0 Å². The average molecular weight is 187 g/mol. The predicted octanol–water partition coefficient (Wildman–Crippen LogP) is 0.0896. The third kappa shape index (κ3) is 3.78. The first-order valence-corrected chi connectivity index (χ1v) is 3.67. The van der Waals surface area contributed by atoms with Crippen LogP contribution in [0.2, 0.25) is 5.02 Å². The first-order valence-electron chi connectivity index (χ1n) is 3.29. The maximum atomic E-state index is 10.3. The van der Waals surface area contributed by atoms with Gasteiger partial charge in [-0.05, 0) is 6.07 Å². The van der Waals surface area contributed by atoms with Crippen LogP contribution in [-0.2, 0) is 4.79 Å². The number of carbonyl (C=O) groups is 1. The molecule has 0 radical (unpaired) electrons. The van der Waals surface area contributed by atoms with Gasteiger partial charge in [0, 0.05) is 6.07 Å². The van der Waals surface area contributed by atoms with Gasteiger partial charge >= 0.3 is 0 Å². The van der Waals surface area contributed by atoms with Gasteiger partial charge in [-0.3, -0.25) is 4.79 Å². The number of rotatable bonds is 0. The fourth-order valence-corrected chi connectivity index (χ4v) is 0.632. The van der Waals surface area contributed by atoms with Gasteiger partial charge in [0.1, 0.15) is 5.02 Å². The number of nitrogens with one attached hydrogen (secondary N) is 1. The van der Waals surface area contributed by atoms with E-state index in [-0.39, 0.29) is 5.91 Å². The first kappa shape index (κ1) is 8.80. The molecule has 12 heavy (non-hydrogen) atoms. The average Bonchev–Trinajstić information content (AvgIpc) is 2.72. The summed E-state index contributed by atoms with van der Waals surface area (Å²) in [6, 6.07) is 3.24. The highest BCUT2D eigenvalue weighted by atomic mass is 35.5. The Bertz CT molecular complexity index is 267. The van der Waals surface area contributed by atoms with E-state index in [4.69, 9.17) is 11.6 Å². The molecule has 64 valence electrons. The summed E-state index contributed by atoms with van der Waals surface area (Å²) >= 11 is 5.42. The van der Waals surface area contributed by atoms with E-state index in [1.54, 1.807) is 12.1 Å². The second-order valence-corrected chi connectivity index (χ2v) is 2.60. The Labute approximate surface area is 74.4 Å². The molecule has 2 heterocycles. The molecule has 4 nitrogen and oxygen atoms in total.